The van der Waals surface area contributed by atoms with E-state index in [1.165, 1.54) is 0 Å². The third kappa shape index (κ3) is 2.80. The molecule has 0 fully saturated rings. The van der Waals surface area contributed by atoms with E-state index in [2.05, 4.69) is 15.1 Å². The molecule has 0 aliphatic carbocycles. The van der Waals surface area contributed by atoms with E-state index in [4.69, 9.17) is 0 Å². The lowest BCUT2D eigenvalue weighted by Gasteiger charge is -2.32. The van der Waals surface area contributed by atoms with Crippen LogP contribution in [0.15, 0.2) is 48.8 Å². The van der Waals surface area contributed by atoms with Crippen molar-refractivity contribution in [3.63, 3.8) is 0 Å². The minimum Gasteiger partial charge on any atom is -0.327 e. The summed E-state index contributed by atoms with van der Waals surface area (Å²) >= 11 is 0. The average molecular weight is 333 g/mol. The highest BCUT2D eigenvalue weighted by Gasteiger charge is 2.31. The summed E-state index contributed by atoms with van der Waals surface area (Å²) in [6.45, 7) is 5.19. The van der Waals surface area contributed by atoms with Gasteiger partial charge >= 0.3 is 0 Å². The first-order valence-electron chi connectivity index (χ1n) is 8.36. The Hall–Kier alpha value is -3.02. The molecule has 1 aliphatic heterocycles. The number of nitrogens with zero attached hydrogens (tertiary/aromatic N) is 5. The highest BCUT2D eigenvalue weighted by atomic mass is 16.2. The van der Waals surface area contributed by atoms with Crippen LogP contribution in [0.25, 0.3) is 11.4 Å². The molecule has 0 spiro atoms. The van der Waals surface area contributed by atoms with Crippen LogP contribution in [-0.4, -0.2) is 37.1 Å². The standard InChI is InChI=1S/C19H19N5O/c1-13-10-16(12-20-11-13)19(25)23-8-9-24-18(14(23)2)21-17(22-24)15-6-4-3-5-7-15/h3-7,10-12,14H,8-9H2,1-2H3/t14-/m0/s1. The molecule has 0 saturated heterocycles. The van der Waals surface area contributed by atoms with Crippen molar-refractivity contribution in [3.05, 3.63) is 65.7 Å². The molecule has 0 bridgehead atoms. The smallest absolute Gasteiger partial charge is 0.256 e. The summed E-state index contributed by atoms with van der Waals surface area (Å²) in [4.78, 5) is 23.5. The fourth-order valence-electron chi connectivity index (χ4n) is 3.19. The predicted octanol–water partition coefficient (Wildman–Crippen LogP) is 2.87. The lowest BCUT2D eigenvalue weighted by Crippen LogP contribution is -2.41. The number of benzene rings is 1. The van der Waals surface area contributed by atoms with E-state index in [0.29, 0.717) is 24.5 Å². The van der Waals surface area contributed by atoms with Gasteiger partial charge in [-0.1, -0.05) is 30.3 Å². The molecule has 1 amide bonds. The first-order chi connectivity index (χ1) is 12.1. The number of hydrogen-bond acceptors (Lipinski definition) is 4. The molecular formula is C19H19N5O. The van der Waals surface area contributed by atoms with Crippen molar-refractivity contribution < 1.29 is 4.79 Å². The van der Waals surface area contributed by atoms with Crippen LogP contribution in [0, 0.1) is 6.92 Å². The molecule has 1 atom stereocenters. The summed E-state index contributed by atoms with van der Waals surface area (Å²) in [5, 5.41) is 4.61. The SMILES string of the molecule is Cc1cncc(C(=O)N2CCn3nc(-c4ccccc4)nc3[C@@H]2C)c1. The van der Waals surface area contributed by atoms with Crippen molar-refractivity contribution >= 4 is 5.91 Å². The number of aryl methyl sites for hydroxylation is 1. The fraction of sp³-hybridized carbons (Fsp3) is 0.263. The largest absolute Gasteiger partial charge is 0.327 e. The van der Waals surface area contributed by atoms with Gasteiger partial charge in [0.2, 0.25) is 0 Å². The van der Waals surface area contributed by atoms with Gasteiger partial charge in [0.05, 0.1) is 18.2 Å². The van der Waals surface area contributed by atoms with Gasteiger partial charge in [-0.25, -0.2) is 9.67 Å². The molecule has 0 saturated carbocycles. The third-order valence-corrected chi connectivity index (χ3v) is 4.51. The van der Waals surface area contributed by atoms with Gasteiger partial charge in [0.1, 0.15) is 5.82 Å². The molecule has 0 radical (unpaired) electrons. The van der Waals surface area contributed by atoms with Crippen LogP contribution in [0.5, 0.6) is 0 Å². The molecule has 0 N–H and O–H groups in total. The highest BCUT2D eigenvalue weighted by molar-refractivity contribution is 5.94. The zero-order chi connectivity index (χ0) is 17.4. The Morgan fingerprint density at radius 2 is 1.96 bits per heavy atom. The number of amides is 1. The Bertz CT molecular complexity index is 919. The molecule has 126 valence electrons. The molecule has 3 aromatic rings. The molecule has 3 heterocycles. The second-order valence-electron chi connectivity index (χ2n) is 6.31. The summed E-state index contributed by atoms with van der Waals surface area (Å²) < 4.78 is 1.91. The molecular weight excluding hydrogens is 314 g/mol. The number of pyridine rings is 1. The zero-order valence-corrected chi connectivity index (χ0v) is 14.3. The van der Waals surface area contributed by atoms with E-state index in [-0.39, 0.29) is 11.9 Å². The van der Waals surface area contributed by atoms with E-state index in [0.717, 1.165) is 17.0 Å². The van der Waals surface area contributed by atoms with Crippen LogP contribution in [-0.2, 0) is 6.54 Å². The Kier molecular flexibility index (Phi) is 3.80. The van der Waals surface area contributed by atoms with Gasteiger partial charge in [0.25, 0.3) is 5.91 Å². The maximum absolute atomic E-state index is 12.9. The third-order valence-electron chi connectivity index (χ3n) is 4.51. The summed E-state index contributed by atoms with van der Waals surface area (Å²) in [7, 11) is 0. The normalized spacial score (nSPS) is 16.6. The Balaban J connectivity index is 1.64. The van der Waals surface area contributed by atoms with Crippen LogP contribution in [0.1, 0.15) is 34.7 Å². The molecule has 25 heavy (non-hydrogen) atoms. The Labute approximate surface area is 146 Å². The lowest BCUT2D eigenvalue weighted by atomic mass is 10.1. The number of aromatic nitrogens is 4. The minimum atomic E-state index is -0.133. The van der Waals surface area contributed by atoms with Crippen LogP contribution in [0.4, 0.5) is 0 Å². The predicted molar refractivity (Wildman–Crippen MR) is 93.9 cm³/mol. The first kappa shape index (κ1) is 15.5. The number of hydrogen-bond donors (Lipinski definition) is 0. The van der Waals surface area contributed by atoms with Gasteiger partial charge in [-0.05, 0) is 25.5 Å². The number of carbonyl (C=O) groups excluding carboxylic acids is 1. The molecule has 4 rings (SSSR count). The van der Waals surface area contributed by atoms with Gasteiger partial charge < -0.3 is 4.90 Å². The Morgan fingerprint density at radius 3 is 2.72 bits per heavy atom. The van der Waals surface area contributed by atoms with Gasteiger partial charge in [0, 0.05) is 24.5 Å². The second kappa shape index (κ2) is 6.12. The summed E-state index contributed by atoms with van der Waals surface area (Å²) in [5.41, 5.74) is 2.57. The van der Waals surface area contributed by atoms with Crippen molar-refractivity contribution in [1.29, 1.82) is 0 Å². The maximum Gasteiger partial charge on any atom is 0.256 e. The van der Waals surface area contributed by atoms with Crippen molar-refractivity contribution in [2.75, 3.05) is 6.54 Å². The molecule has 6 heteroatoms. The van der Waals surface area contributed by atoms with Crippen LogP contribution in [0.2, 0.25) is 0 Å². The zero-order valence-electron chi connectivity index (χ0n) is 14.3. The second-order valence-corrected chi connectivity index (χ2v) is 6.31. The molecule has 6 nitrogen and oxygen atoms in total. The van der Waals surface area contributed by atoms with Gasteiger partial charge in [-0.2, -0.15) is 5.10 Å². The van der Waals surface area contributed by atoms with Crippen molar-refractivity contribution in [1.82, 2.24) is 24.6 Å². The van der Waals surface area contributed by atoms with Crippen molar-refractivity contribution in [3.8, 4) is 11.4 Å². The van der Waals surface area contributed by atoms with Gasteiger partial charge in [0.15, 0.2) is 5.82 Å². The maximum atomic E-state index is 12.9. The highest BCUT2D eigenvalue weighted by Crippen LogP contribution is 2.27. The van der Waals surface area contributed by atoms with E-state index in [1.807, 2.05) is 59.8 Å². The van der Waals surface area contributed by atoms with Crippen molar-refractivity contribution in [2.45, 2.75) is 26.4 Å². The number of carbonyl (C=O) groups is 1. The Morgan fingerprint density at radius 1 is 1.16 bits per heavy atom. The molecule has 0 unspecified atom stereocenters. The van der Waals surface area contributed by atoms with Crippen LogP contribution in [0.3, 0.4) is 0 Å². The van der Waals surface area contributed by atoms with Crippen molar-refractivity contribution in [2.24, 2.45) is 0 Å². The van der Waals surface area contributed by atoms with E-state index in [9.17, 15) is 4.79 Å². The summed E-state index contributed by atoms with van der Waals surface area (Å²) in [6, 6.07) is 11.6. The number of rotatable bonds is 2. The monoisotopic (exact) mass is 333 g/mol. The van der Waals surface area contributed by atoms with E-state index >= 15 is 0 Å². The van der Waals surface area contributed by atoms with E-state index < -0.39 is 0 Å². The average Bonchev–Trinajstić information content (AvgIpc) is 3.08. The number of fused-ring (bicyclic) bond motifs is 1. The molecule has 1 aliphatic rings. The van der Waals surface area contributed by atoms with Crippen LogP contribution >= 0.6 is 0 Å². The van der Waals surface area contributed by atoms with Gasteiger partial charge in [-0.15, -0.1) is 0 Å². The summed E-state index contributed by atoms with van der Waals surface area (Å²) in [6.07, 6.45) is 3.37. The summed E-state index contributed by atoms with van der Waals surface area (Å²) in [5.74, 6) is 1.51. The van der Waals surface area contributed by atoms with Gasteiger partial charge in [-0.3, -0.25) is 9.78 Å². The van der Waals surface area contributed by atoms with Crippen LogP contribution < -0.4 is 0 Å². The molecule has 2 aromatic heterocycles. The fourth-order valence-corrected chi connectivity index (χ4v) is 3.19. The van der Waals surface area contributed by atoms with E-state index in [1.54, 1.807) is 12.4 Å². The quantitative estimate of drug-likeness (QED) is 0.723. The topological polar surface area (TPSA) is 63.9 Å². The first-order valence-corrected chi connectivity index (χ1v) is 8.36. The lowest BCUT2D eigenvalue weighted by molar-refractivity contribution is 0.0630. The minimum absolute atomic E-state index is 0.0146. The molecule has 1 aromatic carbocycles.